The number of carbonyl (C=O) groups is 1. The topological polar surface area (TPSA) is 57.2 Å². The smallest absolute Gasteiger partial charge is 0.289 e. The van der Waals surface area contributed by atoms with Gasteiger partial charge in [0.1, 0.15) is 5.58 Å². The summed E-state index contributed by atoms with van der Waals surface area (Å²) in [6, 6.07) is 9.47. The summed E-state index contributed by atoms with van der Waals surface area (Å²) < 4.78 is 5.56. The molecule has 1 unspecified atom stereocenters. The molecule has 4 nitrogen and oxygen atoms in total. The largest absolute Gasteiger partial charge is 0.451 e. The lowest BCUT2D eigenvalue weighted by atomic mass is 10.2. The molecule has 19 heavy (non-hydrogen) atoms. The molecule has 98 valence electrons. The number of nitrogens with zero attached hydrogens (tertiary/aromatic N) is 2. The van der Waals surface area contributed by atoms with E-state index in [0.717, 1.165) is 10.9 Å². The fraction of sp³-hybridized carbons (Fsp3) is 0.333. The minimum absolute atomic E-state index is 0.132. The molecule has 2 rings (SSSR count). The van der Waals surface area contributed by atoms with Crippen molar-refractivity contribution >= 4 is 16.9 Å². The first-order chi connectivity index (χ1) is 9.02. The second-order valence-electron chi connectivity index (χ2n) is 4.78. The van der Waals surface area contributed by atoms with Gasteiger partial charge in [0.05, 0.1) is 12.5 Å². The van der Waals surface area contributed by atoms with Crippen molar-refractivity contribution in [3.8, 4) is 6.07 Å². The maximum Gasteiger partial charge on any atom is 0.289 e. The molecule has 0 aliphatic heterocycles. The van der Waals surface area contributed by atoms with Crippen LogP contribution < -0.4 is 0 Å². The molecular weight excluding hydrogens is 240 g/mol. The van der Waals surface area contributed by atoms with Crippen molar-refractivity contribution in [1.82, 2.24) is 4.90 Å². The molecule has 1 heterocycles. The predicted octanol–water partition coefficient (Wildman–Crippen LogP) is 3.12. The van der Waals surface area contributed by atoms with Gasteiger partial charge < -0.3 is 9.32 Å². The minimum atomic E-state index is -0.198. The van der Waals surface area contributed by atoms with Gasteiger partial charge in [-0.2, -0.15) is 5.26 Å². The summed E-state index contributed by atoms with van der Waals surface area (Å²) in [5, 5.41) is 9.59. The highest BCUT2D eigenvalue weighted by atomic mass is 16.3. The van der Waals surface area contributed by atoms with Gasteiger partial charge in [-0.15, -0.1) is 0 Å². The van der Waals surface area contributed by atoms with Crippen LogP contribution in [0.5, 0.6) is 0 Å². The van der Waals surface area contributed by atoms with Crippen LogP contribution in [0.25, 0.3) is 11.0 Å². The van der Waals surface area contributed by atoms with Crippen LogP contribution in [-0.2, 0) is 0 Å². The van der Waals surface area contributed by atoms with Gasteiger partial charge in [0.15, 0.2) is 5.76 Å². The average molecular weight is 256 g/mol. The number of amides is 1. The third-order valence-corrected chi connectivity index (χ3v) is 3.25. The van der Waals surface area contributed by atoms with Crippen molar-refractivity contribution in [2.75, 3.05) is 7.05 Å². The number of furan rings is 1. The van der Waals surface area contributed by atoms with E-state index in [9.17, 15) is 4.79 Å². The third-order valence-electron chi connectivity index (χ3n) is 3.25. The number of hydrogen-bond acceptors (Lipinski definition) is 3. The van der Waals surface area contributed by atoms with Gasteiger partial charge in [0.2, 0.25) is 0 Å². The van der Waals surface area contributed by atoms with Crippen LogP contribution in [0.3, 0.4) is 0 Å². The molecular formula is C15H16N2O2. The molecule has 1 amide bonds. The maximum absolute atomic E-state index is 12.2. The van der Waals surface area contributed by atoms with Crippen LogP contribution in [0.2, 0.25) is 0 Å². The zero-order valence-corrected chi connectivity index (χ0v) is 11.3. The van der Waals surface area contributed by atoms with Crippen molar-refractivity contribution in [1.29, 1.82) is 5.26 Å². The van der Waals surface area contributed by atoms with Crippen molar-refractivity contribution < 1.29 is 9.21 Å². The Labute approximate surface area is 112 Å². The lowest BCUT2D eigenvalue weighted by Crippen LogP contribution is -2.34. The molecule has 0 spiro atoms. The number of rotatable bonds is 3. The van der Waals surface area contributed by atoms with E-state index in [1.54, 1.807) is 13.1 Å². The maximum atomic E-state index is 12.2. The quantitative estimate of drug-likeness (QED) is 0.847. The Morgan fingerprint density at radius 1 is 1.47 bits per heavy atom. The van der Waals surface area contributed by atoms with E-state index < -0.39 is 0 Å². The van der Waals surface area contributed by atoms with Crippen LogP contribution in [-0.4, -0.2) is 23.9 Å². The Balaban J connectivity index is 2.29. The fourth-order valence-corrected chi connectivity index (χ4v) is 1.91. The monoisotopic (exact) mass is 256 g/mol. The molecule has 0 N–H and O–H groups in total. The summed E-state index contributed by atoms with van der Waals surface area (Å²) in [5.74, 6) is 0.115. The van der Waals surface area contributed by atoms with Crippen molar-refractivity contribution in [3.05, 3.63) is 35.6 Å². The summed E-state index contributed by atoms with van der Waals surface area (Å²) in [4.78, 5) is 13.8. The van der Waals surface area contributed by atoms with Gasteiger partial charge >= 0.3 is 0 Å². The second kappa shape index (κ2) is 5.15. The summed E-state index contributed by atoms with van der Waals surface area (Å²) in [7, 11) is 1.68. The van der Waals surface area contributed by atoms with Gasteiger partial charge in [-0.05, 0) is 32.0 Å². The van der Waals surface area contributed by atoms with Gasteiger partial charge in [-0.3, -0.25) is 4.79 Å². The highest BCUT2D eigenvalue weighted by molar-refractivity contribution is 5.96. The van der Waals surface area contributed by atoms with E-state index >= 15 is 0 Å². The molecule has 0 radical (unpaired) electrons. The van der Waals surface area contributed by atoms with Gasteiger partial charge in [-0.25, -0.2) is 0 Å². The van der Waals surface area contributed by atoms with E-state index in [2.05, 4.69) is 6.07 Å². The van der Waals surface area contributed by atoms with Crippen LogP contribution >= 0.6 is 0 Å². The number of benzene rings is 1. The molecule has 0 aliphatic rings. The van der Waals surface area contributed by atoms with Gasteiger partial charge in [0, 0.05) is 18.5 Å². The van der Waals surface area contributed by atoms with Gasteiger partial charge in [-0.1, -0.05) is 11.6 Å². The van der Waals surface area contributed by atoms with Crippen LogP contribution in [0, 0.1) is 18.3 Å². The Kier molecular flexibility index (Phi) is 3.57. The summed E-state index contributed by atoms with van der Waals surface area (Å²) >= 11 is 0. The third kappa shape index (κ3) is 2.60. The predicted molar refractivity (Wildman–Crippen MR) is 72.7 cm³/mol. The first kappa shape index (κ1) is 13.2. The van der Waals surface area contributed by atoms with E-state index in [1.165, 1.54) is 4.90 Å². The number of nitriles is 1. The van der Waals surface area contributed by atoms with E-state index in [4.69, 9.17) is 9.68 Å². The van der Waals surface area contributed by atoms with Crippen molar-refractivity contribution in [2.45, 2.75) is 26.3 Å². The molecule has 0 saturated heterocycles. The van der Waals surface area contributed by atoms with E-state index in [1.807, 2.05) is 32.0 Å². The molecule has 0 aliphatic carbocycles. The Bertz CT molecular complexity index is 652. The molecule has 1 atom stereocenters. The molecule has 4 heteroatoms. The molecule has 1 aromatic heterocycles. The number of hydrogen-bond donors (Lipinski definition) is 0. The SMILES string of the molecule is Cc1ccc2oc(C(=O)N(C)C(C)CC#N)cc2c1. The molecule has 1 aromatic carbocycles. The number of carbonyl (C=O) groups excluding carboxylic acids is 1. The first-order valence-electron chi connectivity index (χ1n) is 6.17. The van der Waals surface area contributed by atoms with Crippen LogP contribution in [0.15, 0.2) is 28.7 Å². The minimum Gasteiger partial charge on any atom is -0.451 e. The average Bonchev–Trinajstić information content (AvgIpc) is 2.80. The highest BCUT2D eigenvalue weighted by Crippen LogP contribution is 2.22. The van der Waals surface area contributed by atoms with E-state index in [-0.39, 0.29) is 11.9 Å². The molecule has 0 saturated carbocycles. The fourth-order valence-electron chi connectivity index (χ4n) is 1.91. The summed E-state index contributed by atoms with van der Waals surface area (Å²) in [6.07, 6.45) is 0.307. The molecule has 0 fully saturated rings. The standard InChI is InChI=1S/C15H16N2O2/c1-10-4-5-13-12(8-10)9-14(19-13)15(18)17(3)11(2)6-7-16/h4-5,8-9,11H,6H2,1-3H3. The zero-order chi connectivity index (χ0) is 14.0. The zero-order valence-electron chi connectivity index (χ0n) is 11.3. The number of fused-ring (bicyclic) bond motifs is 1. The lowest BCUT2D eigenvalue weighted by molar-refractivity contribution is 0.0716. The van der Waals surface area contributed by atoms with Crippen LogP contribution in [0.4, 0.5) is 0 Å². The Hall–Kier alpha value is -2.28. The van der Waals surface area contributed by atoms with E-state index in [0.29, 0.717) is 17.8 Å². The lowest BCUT2D eigenvalue weighted by Gasteiger charge is -2.21. The summed E-state index contributed by atoms with van der Waals surface area (Å²) in [5.41, 5.74) is 1.83. The Morgan fingerprint density at radius 2 is 2.21 bits per heavy atom. The second-order valence-corrected chi connectivity index (χ2v) is 4.78. The number of aryl methyl sites for hydroxylation is 1. The highest BCUT2D eigenvalue weighted by Gasteiger charge is 2.20. The molecule has 0 bridgehead atoms. The van der Waals surface area contributed by atoms with Crippen molar-refractivity contribution in [2.24, 2.45) is 0 Å². The first-order valence-corrected chi connectivity index (χ1v) is 6.17. The van der Waals surface area contributed by atoms with Crippen LogP contribution in [0.1, 0.15) is 29.5 Å². The van der Waals surface area contributed by atoms with Crippen molar-refractivity contribution in [3.63, 3.8) is 0 Å². The Morgan fingerprint density at radius 3 is 2.89 bits per heavy atom. The molecule has 2 aromatic rings. The summed E-state index contributed by atoms with van der Waals surface area (Å²) in [6.45, 7) is 3.84. The normalized spacial score (nSPS) is 12.1. The van der Waals surface area contributed by atoms with Gasteiger partial charge in [0.25, 0.3) is 5.91 Å².